The van der Waals surface area contributed by atoms with Crippen LogP contribution in [0.3, 0.4) is 0 Å². The van der Waals surface area contributed by atoms with Crippen LogP contribution in [0, 0.1) is 10.1 Å². The van der Waals surface area contributed by atoms with Crippen molar-refractivity contribution in [3.63, 3.8) is 0 Å². The van der Waals surface area contributed by atoms with Gasteiger partial charge in [0.05, 0.1) is 19.1 Å². The lowest BCUT2D eigenvalue weighted by Gasteiger charge is -2.11. The number of halogens is 1. The van der Waals surface area contributed by atoms with Crippen molar-refractivity contribution in [2.45, 2.75) is 6.54 Å². The summed E-state index contributed by atoms with van der Waals surface area (Å²) >= 11 is 5.86. The predicted molar refractivity (Wildman–Crippen MR) is 140 cm³/mol. The van der Waals surface area contributed by atoms with E-state index in [2.05, 4.69) is 5.32 Å². The average molecular weight is 509 g/mol. The van der Waals surface area contributed by atoms with Gasteiger partial charge in [0, 0.05) is 29.3 Å². The topological polar surface area (TPSA) is 99.9 Å². The Balaban J connectivity index is 1.63. The van der Waals surface area contributed by atoms with E-state index in [1.165, 1.54) is 20.3 Å². The second kappa shape index (κ2) is 13.0. The van der Waals surface area contributed by atoms with Crippen LogP contribution in [0.1, 0.15) is 22.3 Å². The maximum Gasteiger partial charge on any atom is 0.258 e. The zero-order valence-electron chi connectivity index (χ0n) is 19.8. The number of methoxy groups -OCH3 is 2. The fourth-order valence-electron chi connectivity index (χ4n) is 3.22. The molecule has 186 valence electrons. The molecule has 0 bridgehead atoms. The van der Waals surface area contributed by atoms with Crippen LogP contribution in [0.5, 0.6) is 17.2 Å². The zero-order chi connectivity index (χ0) is 25.9. The number of nitrogens with one attached hydrogen (secondary N) is 1. The van der Waals surface area contributed by atoms with Crippen LogP contribution in [-0.4, -0.2) is 31.7 Å². The van der Waals surface area contributed by atoms with E-state index in [1.54, 1.807) is 36.4 Å². The minimum absolute atomic E-state index is 0.113. The third-order valence-corrected chi connectivity index (χ3v) is 5.33. The number of ether oxygens (including phenoxy) is 3. The van der Waals surface area contributed by atoms with Crippen molar-refractivity contribution in [2.24, 2.45) is 0 Å². The molecule has 0 heterocycles. The molecule has 0 radical (unpaired) electrons. The molecule has 0 saturated heterocycles. The second-order valence-electron chi connectivity index (χ2n) is 7.53. The molecule has 0 saturated carbocycles. The first-order valence-corrected chi connectivity index (χ1v) is 11.3. The molecule has 0 aliphatic carbocycles. The maximum atomic E-state index is 12.1. The highest BCUT2D eigenvalue weighted by molar-refractivity contribution is 6.30. The van der Waals surface area contributed by atoms with Crippen molar-refractivity contribution < 1.29 is 23.9 Å². The first-order valence-electron chi connectivity index (χ1n) is 10.9. The number of carbonyl (C=O) groups is 1. The number of nitro groups is 1. The predicted octanol–water partition coefficient (Wildman–Crippen LogP) is 5.47. The van der Waals surface area contributed by atoms with E-state index >= 15 is 0 Å². The summed E-state index contributed by atoms with van der Waals surface area (Å²) in [6.07, 6.45) is 5.90. The molecule has 36 heavy (non-hydrogen) atoms. The highest BCUT2D eigenvalue weighted by Gasteiger charge is 2.10. The van der Waals surface area contributed by atoms with Gasteiger partial charge in [-0.1, -0.05) is 48.0 Å². The summed E-state index contributed by atoms with van der Waals surface area (Å²) in [5, 5.41) is 14.3. The Morgan fingerprint density at radius 2 is 1.69 bits per heavy atom. The van der Waals surface area contributed by atoms with Crippen molar-refractivity contribution >= 4 is 35.7 Å². The lowest BCUT2D eigenvalue weighted by molar-refractivity contribution is -0.400. The van der Waals surface area contributed by atoms with Crippen LogP contribution in [-0.2, 0) is 11.3 Å². The third kappa shape index (κ3) is 7.89. The molecule has 1 amide bonds. The van der Waals surface area contributed by atoms with Crippen LogP contribution >= 0.6 is 11.6 Å². The van der Waals surface area contributed by atoms with E-state index in [0.717, 1.165) is 17.3 Å². The van der Waals surface area contributed by atoms with Crippen molar-refractivity contribution in [1.29, 1.82) is 0 Å². The van der Waals surface area contributed by atoms with Gasteiger partial charge in [0.2, 0.25) is 6.20 Å². The van der Waals surface area contributed by atoms with E-state index in [0.29, 0.717) is 39.9 Å². The molecule has 0 aliphatic rings. The van der Waals surface area contributed by atoms with Crippen molar-refractivity contribution in [1.82, 2.24) is 5.32 Å². The SMILES string of the molecule is COc1cc(/C=C/c2ccc(OCC(=O)NCc3ccc(Cl)cc3)cc2)c(/C=C/[N+](=O)[O-])c(OC)c1. The summed E-state index contributed by atoms with van der Waals surface area (Å²) < 4.78 is 16.3. The Hall–Kier alpha value is -4.30. The van der Waals surface area contributed by atoms with Gasteiger partial charge in [-0.3, -0.25) is 14.9 Å². The van der Waals surface area contributed by atoms with Crippen LogP contribution in [0.2, 0.25) is 5.02 Å². The Bertz CT molecular complexity index is 1250. The number of hydrogen-bond acceptors (Lipinski definition) is 6. The number of rotatable bonds is 11. The Morgan fingerprint density at radius 1 is 0.972 bits per heavy atom. The Kier molecular flexibility index (Phi) is 9.48. The summed E-state index contributed by atoms with van der Waals surface area (Å²) in [6, 6.07) is 17.8. The summed E-state index contributed by atoms with van der Waals surface area (Å²) in [4.78, 5) is 22.4. The molecule has 0 atom stereocenters. The van der Waals surface area contributed by atoms with E-state index in [-0.39, 0.29) is 12.5 Å². The lowest BCUT2D eigenvalue weighted by Crippen LogP contribution is -2.28. The van der Waals surface area contributed by atoms with Gasteiger partial charge >= 0.3 is 0 Å². The number of benzene rings is 3. The largest absolute Gasteiger partial charge is 0.497 e. The molecular formula is C27H25ClN2O6. The normalized spacial score (nSPS) is 11.0. The van der Waals surface area contributed by atoms with Crippen LogP contribution in [0.25, 0.3) is 18.2 Å². The monoisotopic (exact) mass is 508 g/mol. The molecular weight excluding hydrogens is 484 g/mol. The number of hydrogen-bond donors (Lipinski definition) is 1. The summed E-state index contributed by atoms with van der Waals surface area (Å²) in [5.41, 5.74) is 3.04. The minimum atomic E-state index is -0.534. The highest BCUT2D eigenvalue weighted by atomic mass is 35.5. The molecule has 0 unspecified atom stereocenters. The summed E-state index contributed by atoms with van der Waals surface area (Å²) in [7, 11) is 3.02. The smallest absolute Gasteiger partial charge is 0.258 e. The van der Waals surface area contributed by atoms with Crippen LogP contribution < -0.4 is 19.5 Å². The zero-order valence-corrected chi connectivity index (χ0v) is 20.5. The molecule has 0 aromatic heterocycles. The summed E-state index contributed by atoms with van der Waals surface area (Å²) in [6.45, 7) is 0.273. The molecule has 0 fully saturated rings. The van der Waals surface area contributed by atoms with Crippen molar-refractivity contribution in [2.75, 3.05) is 20.8 Å². The van der Waals surface area contributed by atoms with Gasteiger partial charge in [-0.2, -0.15) is 0 Å². The number of nitrogens with zero attached hydrogens (tertiary/aromatic N) is 1. The molecule has 1 N–H and O–H groups in total. The van der Waals surface area contributed by atoms with Gasteiger partial charge in [-0.25, -0.2) is 0 Å². The van der Waals surface area contributed by atoms with E-state index < -0.39 is 4.92 Å². The van der Waals surface area contributed by atoms with Gasteiger partial charge in [0.1, 0.15) is 17.2 Å². The fraction of sp³-hybridized carbons (Fsp3) is 0.148. The standard InChI is InChI=1S/C27H25ClN2O6/c1-34-24-15-21(25(13-14-30(32)33)26(16-24)35-2)8-3-19-6-11-23(12-7-19)36-18-27(31)29-17-20-4-9-22(28)10-5-20/h3-16H,17-18H2,1-2H3,(H,29,31)/b8-3+,14-13+. The van der Waals surface area contributed by atoms with Crippen molar-refractivity contribution in [3.8, 4) is 17.2 Å². The second-order valence-corrected chi connectivity index (χ2v) is 7.96. The Morgan fingerprint density at radius 3 is 2.33 bits per heavy atom. The number of amides is 1. The Labute approximate surface area is 213 Å². The van der Waals surface area contributed by atoms with E-state index in [1.807, 2.05) is 36.4 Å². The van der Waals surface area contributed by atoms with E-state index in [9.17, 15) is 14.9 Å². The maximum absolute atomic E-state index is 12.1. The van der Waals surface area contributed by atoms with Gasteiger partial charge in [0.25, 0.3) is 5.91 Å². The first-order chi connectivity index (χ1) is 17.4. The first kappa shape index (κ1) is 26.3. The molecule has 8 nitrogen and oxygen atoms in total. The number of carbonyl (C=O) groups excluding carboxylic acids is 1. The van der Waals surface area contributed by atoms with Crippen LogP contribution in [0.15, 0.2) is 66.9 Å². The fourth-order valence-corrected chi connectivity index (χ4v) is 3.35. The average Bonchev–Trinajstić information content (AvgIpc) is 2.89. The van der Waals surface area contributed by atoms with E-state index in [4.69, 9.17) is 25.8 Å². The quantitative estimate of drug-likeness (QED) is 0.209. The van der Waals surface area contributed by atoms with Gasteiger partial charge < -0.3 is 19.5 Å². The molecule has 0 aliphatic heterocycles. The minimum Gasteiger partial charge on any atom is -0.497 e. The van der Waals surface area contributed by atoms with Crippen LogP contribution in [0.4, 0.5) is 0 Å². The molecule has 3 aromatic carbocycles. The molecule has 0 spiro atoms. The van der Waals surface area contributed by atoms with Gasteiger partial charge in [0.15, 0.2) is 6.61 Å². The highest BCUT2D eigenvalue weighted by Crippen LogP contribution is 2.31. The molecule has 3 rings (SSSR count). The van der Waals surface area contributed by atoms with Gasteiger partial charge in [-0.15, -0.1) is 0 Å². The molecule has 9 heteroatoms. The van der Waals surface area contributed by atoms with Crippen molar-refractivity contribution in [3.05, 3.63) is 104 Å². The lowest BCUT2D eigenvalue weighted by atomic mass is 10.0. The third-order valence-electron chi connectivity index (χ3n) is 5.07. The molecule has 3 aromatic rings. The summed E-state index contributed by atoms with van der Waals surface area (Å²) in [5.74, 6) is 1.32. The van der Waals surface area contributed by atoms with Gasteiger partial charge in [-0.05, 0) is 47.0 Å².